The highest BCUT2D eigenvalue weighted by atomic mass is 14.5. The van der Waals surface area contributed by atoms with Crippen molar-refractivity contribution in [1.29, 1.82) is 0 Å². The Labute approximate surface area is 64.0 Å². The average molecular weight is 138 g/mol. The van der Waals surface area contributed by atoms with E-state index in [0.717, 1.165) is 23.7 Å². The van der Waals surface area contributed by atoms with Crippen LogP contribution in [0, 0.1) is 23.7 Å². The van der Waals surface area contributed by atoms with Gasteiger partial charge in [-0.3, -0.25) is 0 Å². The Hall–Kier alpha value is 0. The summed E-state index contributed by atoms with van der Waals surface area (Å²) in [6.45, 7) is 4.79. The lowest BCUT2D eigenvalue weighted by Gasteiger charge is -2.24. The van der Waals surface area contributed by atoms with Crippen LogP contribution < -0.4 is 0 Å². The summed E-state index contributed by atoms with van der Waals surface area (Å²) in [6.07, 6.45) is 6.23. The van der Waals surface area contributed by atoms with Crippen LogP contribution in [0.4, 0.5) is 0 Å². The predicted molar refractivity (Wildman–Crippen MR) is 43.8 cm³/mol. The van der Waals surface area contributed by atoms with Gasteiger partial charge in [-0.15, -0.1) is 0 Å². The van der Waals surface area contributed by atoms with Crippen LogP contribution in [0.1, 0.15) is 39.5 Å². The molecule has 0 aliphatic heterocycles. The van der Waals surface area contributed by atoms with E-state index in [2.05, 4.69) is 13.8 Å². The minimum Gasteiger partial charge on any atom is -0.0625 e. The van der Waals surface area contributed by atoms with E-state index in [0.29, 0.717) is 0 Å². The maximum absolute atomic E-state index is 2.39. The Morgan fingerprint density at radius 1 is 1.10 bits per heavy atom. The maximum atomic E-state index is 2.39. The molecule has 1 unspecified atom stereocenters. The fourth-order valence-electron chi connectivity index (χ4n) is 3.11. The molecule has 2 rings (SSSR count). The van der Waals surface area contributed by atoms with Crippen LogP contribution in [-0.4, -0.2) is 0 Å². The van der Waals surface area contributed by atoms with E-state index < -0.39 is 0 Å². The number of hydrogen-bond donors (Lipinski definition) is 0. The van der Waals surface area contributed by atoms with Gasteiger partial charge >= 0.3 is 0 Å². The molecule has 2 aliphatic rings. The highest BCUT2D eigenvalue weighted by Gasteiger charge is 2.40. The zero-order valence-corrected chi connectivity index (χ0v) is 7.14. The van der Waals surface area contributed by atoms with Gasteiger partial charge in [0.15, 0.2) is 0 Å². The molecule has 0 heteroatoms. The quantitative estimate of drug-likeness (QED) is 0.522. The van der Waals surface area contributed by atoms with Crippen molar-refractivity contribution in [1.82, 2.24) is 0 Å². The van der Waals surface area contributed by atoms with Crippen molar-refractivity contribution in [2.45, 2.75) is 39.5 Å². The van der Waals surface area contributed by atoms with Crippen molar-refractivity contribution in [2.24, 2.45) is 23.7 Å². The summed E-state index contributed by atoms with van der Waals surface area (Å²) in [5, 5.41) is 0. The van der Waals surface area contributed by atoms with Crippen molar-refractivity contribution in [3.63, 3.8) is 0 Å². The first-order chi connectivity index (χ1) is 4.77. The highest BCUT2D eigenvalue weighted by molar-refractivity contribution is 4.90. The second-order valence-corrected chi connectivity index (χ2v) is 4.58. The lowest BCUT2D eigenvalue weighted by molar-refractivity contribution is 0.256. The van der Waals surface area contributed by atoms with Gasteiger partial charge in [0.05, 0.1) is 0 Å². The minimum absolute atomic E-state index is 0.954. The molecular weight excluding hydrogens is 120 g/mol. The van der Waals surface area contributed by atoms with Crippen LogP contribution in [0.3, 0.4) is 0 Å². The highest BCUT2D eigenvalue weighted by Crippen LogP contribution is 2.50. The SMILES string of the molecule is CC(C)C1C[C@H]2CC[C@@H]1C2. The molecule has 58 valence electrons. The van der Waals surface area contributed by atoms with E-state index in [9.17, 15) is 0 Å². The van der Waals surface area contributed by atoms with Gasteiger partial charge in [0.25, 0.3) is 0 Å². The number of fused-ring (bicyclic) bond motifs is 2. The van der Waals surface area contributed by atoms with Crippen molar-refractivity contribution in [3.05, 3.63) is 0 Å². The molecule has 2 fully saturated rings. The molecule has 0 nitrogen and oxygen atoms in total. The molecule has 0 aromatic rings. The van der Waals surface area contributed by atoms with E-state index in [4.69, 9.17) is 0 Å². The fourth-order valence-corrected chi connectivity index (χ4v) is 3.11. The van der Waals surface area contributed by atoms with E-state index >= 15 is 0 Å². The first-order valence-corrected chi connectivity index (χ1v) is 4.77. The molecule has 0 N–H and O–H groups in total. The van der Waals surface area contributed by atoms with E-state index in [1.807, 2.05) is 0 Å². The lowest BCUT2D eigenvalue weighted by atomic mass is 9.81. The Morgan fingerprint density at radius 3 is 2.20 bits per heavy atom. The van der Waals surface area contributed by atoms with Gasteiger partial charge in [-0.25, -0.2) is 0 Å². The molecular formula is C10H18. The molecule has 0 spiro atoms. The molecule has 3 atom stereocenters. The van der Waals surface area contributed by atoms with Crippen LogP contribution in [0.15, 0.2) is 0 Å². The maximum Gasteiger partial charge on any atom is -0.0360 e. The van der Waals surface area contributed by atoms with Crippen LogP contribution >= 0.6 is 0 Å². The molecule has 10 heavy (non-hydrogen) atoms. The molecule has 2 bridgehead atoms. The van der Waals surface area contributed by atoms with Crippen LogP contribution in [0.25, 0.3) is 0 Å². The first-order valence-electron chi connectivity index (χ1n) is 4.77. The second kappa shape index (κ2) is 2.25. The van der Waals surface area contributed by atoms with Gasteiger partial charge in [0, 0.05) is 0 Å². The molecule has 0 amide bonds. The molecule has 2 aliphatic carbocycles. The number of rotatable bonds is 1. The van der Waals surface area contributed by atoms with Gasteiger partial charge in [0.2, 0.25) is 0 Å². The van der Waals surface area contributed by atoms with Gasteiger partial charge in [-0.05, 0) is 42.9 Å². The van der Waals surface area contributed by atoms with E-state index in [1.165, 1.54) is 0 Å². The average Bonchev–Trinajstić information content (AvgIpc) is 2.44. The Morgan fingerprint density at radius 2 is 1.90 bits per heavy atom. The van der Waals surface area contributed by atoms with Crippen molar-refractivity contribution >= 4 is 0 Å². The number of hydrogen-bond acceptors (Lipinski definition) is 0. The van der Waals surface area contributed by atoms with Gasteiger partial charge in [-0.1, -0.05) is 20.3 Å². The second-order valence-electron chi connectivity index (χ2n) is 4.58. The zero-order valence-electron chi connectivity index (χ0n) is 7.14. The summed E-state index contributed by atoms with van der Waals surface area (Å²) < 4.78 is 0. The monoisotopic (exact) mass is 138 g/mol. The standard InChI is InChI=1S/C10H18/c1-7(2)10-6-8-3-4-9(10)5-8/h7-10H,3-6H2,1-2H3/t8-,9+,10?/m0/s1. The van der Waals surface area contributed by atoms with Gasteiger partial charge < -0.3 is 0 Å². The van der Waals surface area contributed by atoms with Crippen LogP contribution in [-0.2, 0) is 0 Å². The fraction of sp³-hybridized carbons (Fsp3) is 1.00. The molecule has 0 heterocycles. The topological polar surface area (TPSA) is 0 Å². The third-order valence-corrected chi connectivity index (χ3v) is 3.65. The third kappa shape index (κ3) is 0.889. The summed E-state index contributed by atoms with van der Waals surface area (Å²) >= 11 is 0. The summed E-state index contributed by atoms with van der Waals surface area (Å²) in [4.78, 5) is 0. The Kier molecular flexibility index (Phi) is 1.51. The largest absolute Gasteiger partial charge is 0.0625 e. The summed E-state index contributed by atoms with van der Waals surface area (Å²) in [6, 6.07) is 0. The van der Waals surface area contributed by atoms with Crippen LogP contribution in [0.2, 0.25) is 0 Å². The van der Waals surface area contributed by atoms with Gasteiger partial charge in [-0.2, -0.15) is 0 Å². The Balaban J connectivity index is 2.02. The van der Waals surface area contributed by atoms with Crippen molar-refractivity contribution in [2.75, 3.05) is 0 Å². The smallest absolute Gasteiger partial charge is 0.0360 e. The summed E-state index contributed by atoms with van der Waals surface area (Å²) in [5.74, 6) is 4.32. The normalized spacial score (nSPS) is 45.3. The molecule has 0 aromatic carbocycles. The van der Waals surface area contributed by atoms with Crippen molar-refractivity contribution < 1.29 is 0 Å². The Bertz CT molecular complexity index is 126. The van der Waals surface area contributed by atoms with Gasteiger partial charge in [0.1, 0.15) is 0 Å². The summed E-state index contributed by atoms with van der Waals surface area (Å²) in [7, 11) is 0. The lowest BCUT2D eigenvalue weighted by Crippen LogP contribution is -2.15. The first kappa shape index (κ1) is 6.69. The predicted octanol–water partition coefficient (Wildman–Crippen LogP) is 3.08. The summed E-state index contributed by atoms with van der Waals surface area (Å²) in [5.41, 5.74) is 0. The molecule has 0 aromatic heterocycles. The molecule has 0 radical (unpaired) electrons. The van der Waals surface area contributed by atoms with E-state index in [-0.39, 0.29) is 0 Å². The third-order valence-electron chi connectivity index (χ3n) is 3.65. The molecule has 0 saturated heterocycles. The van der Waals surface area contributed by atoms with E-state index in [1.54, 1.807) is 25.7 Å². The minimum atomic E-state index is 0.954. The molecule has 2 saturated carbocycles. The van der Waals surface area contributed by atoms with Crippen LogP contribution in [0.5, 0.6) is 0 Å². The zero-order chi connectivity index (χ0) is 7.14. The van der Waals surface area contributed by atoms with Crippen molar-refractivity contribution in [3.8, 4) is 0 Å².